The third-order valence-corrected chi connectivity index (χ3v) is 3.95. The molecule has 1 fully saturated rings. The van der Waals surface area contributed by atoms with Crippen LogP contribution in [0.1, 0.15) is 19.8 Å². The van der Waals surface area contributed by atoms with Crippen molar-refractivity contribution in [2.45, 2.75) is 26.3 Å². The quantitative estimate of drug-likeness (QED) is 0.922. The van der Waals surface area contributed by atoms with E-state index in [0.29, 0.717) is 17.4 Å². The van der Waals surface area contributed by atoms with Crippen molar-refractivity contribution in [3.63, 3.8) is 0 Å². The van der Waals surface area contributed by atoms with Crippen LogP contribution in [0.25, 0.3) is 11.0 Å². The van der Waals surface area contributed by atoms with E-state index in [1.165, 1.54) is 26.0 Å². The molecule has 1 saturated carbocycles. The number of hydrogen-bond donors (Lipinski definition) is 1. The molecule has 0 radical (unpaired) electrons. The minimum Gasteiger partial charge on any atom is -0.494 e. The zero-order chi connectivity index (χ0) is 13.6. The van der Waals surface area contributed by atoms with Gasteiger partial charge >= 0.3 is 0 Å². The Labute approximate surface area is 111 Å². The molecule has 1 aromatic heterocycles. The molecule has 1 unspecified atom stereocenters. The van der Waals surface area contributed by atoms with E-state index in [4.69, 9.17) is 10.5 Å². The highest BCUT2D eigenvalue weighted by atomic mass is 19.1. The average molecular weight is 263 g/mol. The fourth-order valence-corrected chi connectivity index (χ4v) is 2.60. The molecule has 0 spiro atoms. The van der Waals surface area contributed by atoms with Crippen LogP contribution in [-0.2, 0) is 6.54 Å². The maximum atomic E-state index is 13.6. The van der Waals surface area contributed by atoms with Crippen LogP contribution >= 0.6 is 0 Å². The van der Waals surface area contributed by atoms with Crippen LogP contribution in [0.5, 0.6) is 5.75 Å². The summed E-state index contributed by atoms with van der Waals surface area (Å²) in [5.41, 5.74) is 7.37. The topological polar surface area (TPSA) is 53.1 Å². The van der Waals surface area contributed by atoms with Crippen LogP contribution in [0.3, 0.4) is 0 Å². The molecule has 0 bridgehead atoms. The summed E-state index contributed by atoms with van der Waals surface area (Å²) in [6, 6.07) is 3.05. The van der Waals surface area contributed by atoms with Crippen molar-refractivity contribution in [3.05, 3.63) is 17.9 Å². The summed E-state index contributed by atoms with van der Waals surface area (Å²) in [6.45, 7) is 3.05. The van der Waals surface area contributed by atoms with E-state index in [2.05, 4.69) is 11.9 Å². The zero-order valence-electron chi connectivity index (χ0n) is 11.2. The number of nitrogens with zero attached hydrogens (tertiary/aromatic N) is 2. The second-order valence-electron chi connectivity index (χ2n) is 5.37. The molecule has 1 aromatic carbocycles. The molecule has 0 amide bonds. The maximum Gasteiger partial charge on any atom is 0.201 e. The molecule has 1 heterocycles. The molecule has 1 aliphatic rings. The van der Waals surface area contributed by atoms with Gasteiger partial charge in [0.1, 0.15) is 0 Å². The molecule has 102 valence electrons. The molecule has 2 N–H and O–H groups in total. The fourth-order valence-electron chi connectivity index (χ4n) is 2.60. The van der Waals surface area contributed by atoms with Gasteiger partial charge in [0, 0.05) is 18.7 Å². The van der Waals surface area contributed by atoms with Crippen LogP contribution < -0.4 is 10.5 Å². The van der Waals surface area contributed by atoms with Crippen molar-refractivity contribution in [2.75, 3.05) is 12.8 Å². The summed E-state index contributed by atoms with van der Waals surface area (Å²) in [7, 11) is 1.46. The SMILES string of the molecule is COc1cc2c(cc1F)nc(N)n2CC(C)C1CC1. The largest absolute Gasteiger partial charge is 0.494 e. The second kappa shape index (κ2) is 4.40. The number of benzene rings is 1. The van der Waals surface area contributed by atoms with Crippen LogP contribution in [-0.4, -0.2) is 16.7 Å². The number of imidazole rings is 1. The number of hydrogen-bond acceptors (Lipinski definition) is 3. The molecule has 2 aromatic rings. The van der Waals surface area contributed by atoms with Gasteiger partial charge in [-0.3, -0.25) is 0 Å². The fraction of sp³-hybridized carbons (Fsp3) is 0.500. The second-order valence-corrected chi connectivity index (χ2v) is 5.37. The van der Waals surface area contributed by atoms with E-state index in [1.807, 2.05) is 4.57 Å². The Balaban J connectivity index is 2.04. The standard InChI is InChI=1S/C14H18FN3O/c1-8(9-3-4-9)7-18-12-6-13(19-2)10(15)5-11(12)17-14(18)16/h5-6,8-9H,3-4,7H2,1-2H3,(H2,16,17). The molecule has 4 nitrogen and oxygen atoms in total. The lowest BCUT2D eigenvalue weighted by Gasteiger charge is -2.13. The van der Waals surface area contributed by atoms with Crippen molar-refractivity contribution in [1.29, 1.82) is 0 Å². The summed E-state index contributed by atoms with van der Waals surface area (Å²) < 4.78 is 20.6. The van der Waals surface area contributed by atoms with Crippen molar-refractivity contribution in [3.8, 4) is 5.75 Å². The molecule has 0 aliphatic heterocycles. The van der Waals surface area contributed by atoms with Crippen LogP contribution in [0.2, 0.25) is 0 Å². The normalized spacial score (nSPS) is 16.8. The van der Waals surface area contributed by atoms with Crippen LogP contribution in [0.4, 0.5) is 10.3 Å². The highest BCUT2D eigenvalue weighted by Gasteiger charge is 2.28. The average Bonchev–Trinajstić information content (AvgIpc) is 3.17. The van der Waals surface area contributed by atoms with E-state index in [1.54, 1.807) is 6.07 Å². The highest BCUT2D eigenvalue weighted by Crippen LogP contribution is 2.38. The smallest absolute Gasteiger partial charge is 0.201 e. The van der Waals surface area contributed by atoms with Crippen LogP contribution in [0, 0.1) is 17.7 Å². The zero-order valence-corrected chi connectivity index (χ0v) is 11.2. The van der Waals surface area contributed by atoms with Crippen LogP contribution in [0.15, 0.2) is 12.1 Å². The number of halogens is 1. The van der Waals surface area contributed by atoms with Crippen molar-refractivity contribution >= 4 is 17.0 Å². The first-order valence-electron chi connectivity index (χ1n) is 6.59. The summed E-state index contributed by atoms with van der Waals surface area (Å²) >= 11 is 0. The molecular formula is C14H18FN3O. The number of methoxy groups -OCH3 is 1. The van der Waals surface area contributed by atoms with E-state index >= 15 is 0 Å². The van der Waals surface area contributed by atoms with E-state index < -0.39 is 5.82 Å². The molecular weight excluding hydrogens is 245 g/mol. The molecule has 1 aliphatic carbocycles. The Morgan fingerprint density at radius 1 is 1.53 bits per heavy atom. The molecule has 0 saturated heterocycles. The number of fused-ring (bicyclic) bond motifs is 1. The third kappa shape index (κ3) is 2.13. The van der Waals surface area contributed by atoms with Gasteiger partial charge in [-0.05, 0) is 24.7 Å². The predicted octanol–water partition coefficient (Wildman–Crippen LogP) is 2.81. The van der Waals surface area contributed by atoms with Gasteiger partial charge in [-0.1, -0.05) is 6.92 Å². The summed E-state index contributed by atoms with van der Waals surface area (Å²) in [5, 5.41) is 0. The van der Waals surface area contributed by atoms with Crippen molar-refractivity contribution in [2.24, 2.45) is 11.8 Å². The summed E-state index contributed by atoms with van der Waals surface area (Å²) in [5.74, 6) is 1.62. The Morgan fingerprint density at radius 3 is 2.89 bits per heavy atom. The molecule has 1 atom stereocenters. The first-order valence-corrected chi connectivity index (χ1v) is 6.59. The van der Waals surface area contributed by atoms with Gasteiger partial charge in [0.05, 0.1) is 18.1 Å². The maximum absolute atomic E-state index is 13.6. The Hall–Kier alpha value is -1.78. The van der Waals surface area contributed by atoms with Crippen molar-refractivity contribution < 1.29 is 9.13 Å². The van der Waals surface area contributed by atoms with E-state index in [9.17, 15) is 4.39 Å². The number of nitrogen functional groups attached to an aromatic ring is 1. The number of aromatic nitrogens is 2. The van der Waals surface area contributed by atoms with Gasteiger partial charge in [0.2, 0.25) is 5.95 Å². The lowest BCUT2D eigenvalue weighted by Crippen LogP contribution is -2.11. The monoisotopic (exact) mass is 263 g/mol. The predicted molar refractivity (Wildman–Crippen MR) is 72.5 cm³/mol. The summed E-state index contributed by atoms with van der Waals surface area (Å²) in [4.78, 5) is 4.23. The van der Waals surface area contributed by atoms with Gasteiger partial charge < -0.3 is 15.0 Å². The van der Waals surface area contributed by atoms with Gasteiger partial charge in [0.15, 0.2) is 11.6 Å². The number of ether oxygens (including phenoxy) is 1. The van der Waals surface area contributed by atoms with E-state index in [-0.39, 0.29) is 5.75 Å². The van der Waals surface area contributed by atoms with Gasteiger partial charge in [-0.2, -0.15) is 0 Å². The minimum atomic E-state index is -0.408. The lowest BCUT2D eigenvalue weighted by atomic mass is 10.1. The Kier molecular flexibility index (Phi) is 2.84. The molecule has 3 rings (SSSR count). The van der Waals surface area contributed by atoms with Gasteiger partial charge in [-0.25, -0.2) is 9.37 Å². The lowest BCUT2D eigenvalue weighted by molar-refractivity contribution is 0.387. The van der Waals surface area contributed by atoms with E-state index in [0.717, 1.165) is 18.0 Å². The Bertz CT molecular complexity index is 619. The summed E-state index contributed by atoms with van der Waals surface area (Å²) in [6.07, 6.45) is 2.59. The first kappa shape index (κ1) is 12.3. The molecule has 19 heavy (non-hydrogen) atoms. The molecule has 5 heteroatoms. The number of rotatable bonds is 4. The Morgan fingerprint density at radius 2 is 2.26 bits per heavy atom. The minimum absolute atomic E-state index is 0.229. The number of nitrogens with two attached hydrogens (primary N) is 1. The number of anilines is 1. The van der Waals surface area contributed by atoms with Gasteiger partial charge in [0.25, 0.3) is 0 Å². The highest BCUT2D eigenvalue weighted by molar-refractivity contribution is 5.80. The third-order valence-electron chi connectivity index (χ3n) is 3.95. The van der Waals surface area contributed by atoms with Crippen molar-refractivity contribution in [1.82, 2.24) is 9.55 Å². The first-order chi connectivity index (χ1) is 9.10. The van der Waals surface area contributed by atoms with Gasteiger partial charge in [-0.15, -0.1) is 0 Å².